The second-order valence-electron chi connectivity index (χ2n) is 5.13. The first-order valence-corrected chi connectivity index (χ1v) is 9.35. The van der Waals surface area contributed by atoms with Crippen LogP contribution in [0.5, 0.6) is 0 Å². The lowest BCUT2D eigenvalue weighted by molar-refractivity contribution is 0.178. The molecule has 2 rings (SSSR count). The van der Waals surface area contributed by atoms with Gasteiger partial charge in [0, 0.05) is 19.6 Å². The zero-order valence-electron chi connectivity index (χ0n) is 12.0. The van der Waals surface area contributed by atoms with Gasteiger partial charge in [-0.3, -0.25) is 5.32 Å². The molecule has 1 saturated heterocycles. The van der Waals surface area contributed by atoms with E-state index in [2.05, 4.69) is 20.2 Å². The molecule has 0 bridgehead atoms. The molecule has 1 aromatic rings. The Balaban J connectivity index is 1.86. The van der Waals surface area contributed by atoms with Crippen molar-refractivity contribution in [2.75, 3.05) is 31.2 Å². The Bertz CT molecular complexity index is 601. The fraction of sp³-hybridized carbons (Fsp3) is 0.727. The van der Waals surface area contributed by atoms with Gasteiger partial charge in [0.1, 0.15) is 5.01 Å². The smallest absolute Gasteiger partial charge is 0.323 e. The summed E-state index contributed by atoms with van der Waals surface area (Å²) in [5.74, 6) is 0.135. The first-order valence-electron chi connectivity index (χ1n) is 6.64. The lowest BCUT2D eigenvalue weighted by atomic mass is 9.99. The van der Waals surface area contributed by atoms with Gasteiger partial charge in [-0.25, -0.2) is 17.9 Å². The van der Waals surface area contributed by atoms with Crippen LogP contribution in [0.2, 0.25) is 0 Å². The lowest BCUT2D eigenvalue weighted by Gasteiger charge is -2.32. The van der Waals surface area contributed by atoms with E-state index in [-0.39, 0.29) is 11.9 Å². The molecule has 1 aromatic heterocycles. The minimum Gasteiger partial charge on any atom is -0.324 e. The number of nitrogens with one attached hydrogen (secondary N) is 2. The standard InChI is InChI=1S/C11H19N5O3S2/c1-8-14-15-10(20-8)13-11(17)16-5-3-4-9(7-16)6-12-21(2,18)19/h9,12H,3-7H2,1-2H3,(H,13,15,17)/t9-/m1/s1. The van der Waals surface area contributed by atoms with Gasteiger partial charge >= 0.3 is 6.03 Å². The van der Waals surface area contributed by atoms with E-state index >= 15 is 0 Å². The van der Waals surface area contributed by atoms with Gasteiger partial charge in [0.15, 0.2) is 0 Å². The number of aryl methyl sites for hydroxylation is 1. The molecule has 2 N–H and O–H groups in total. The molecule has 21 heavy (non-hydrogen) atoms. The van der Waals surface area contributed by atoms with Crippen molar-refractivity contribution >= 4 is 32.5 Å². The van der Waals surface area contributed by atoms with Crippen molar-refractivity contribution in [3.8, 4) is 0 Å². The largest absolute Gasteiger partial charge is 0.324 e. The zero-order chi connectivity index (χ0) is 15.5. The first-order chi connectivity index (χ1) is 9.83. The normalized spacial score (nSPS) is 19.5. The van der Waals surface area contributed by atoms with Crippen LogP contribution >= 0.6 is 11.3 Å². The van der Waals surface area contributed by atoms with Crippen molar-refractivity contribution in [1.29, 1.82) is 0 Å². The maximum atomic E-state index is 12.1. The van der Waals surface area contributed by atoms with Gasteiger partial charge in [-0.1, -0.05) is 11.3 Å². The Kier molecular flexibility index (Phi) is 5.12. The van der Waals surface area contributed by atoms with Crippen LogP contribution in [-0.4, -0.2) is 55.4 Å². The third-order valence-corrected chi connectivity index (χ3v) is 4.63. The number of anilines is 1. The van der Waals surface area contributed by atoms with E-state index in [4.69, 9.17) is 0 Å². The Labute approximate surface area is 128 Å². The van der Waals surface area contributed by atoms with Crippen molar-refractivity contribution in [3.05, 3.63) is 5.01 Å². The van der Waals surface area contributed by atoms with Crippen LogP contribution in [0.15, 0.2) is 0 Å². The first kappa shape index (κ1) is 16.1. The van der Waals surface area contributed by atoms with Crippen LogP contribution in [0.4, 0.5) is 9.93 Å². The van der Waals surface area contributed by atoms with E-state index in [1.165, 1.54) is 11.3 Å². The van der Waals surface area contributed by atoms with Crippen LogP contribution < -0.4 is 10.0 Å². The van der Waals surface area contributed by atoms with Gasteiger partial charge in [0.05, 0.1) is 6.26 Å². The molecule has 118 valence electrons. The Hall–Kier alpha value is -1.26. The third kappa shape index (κ3) is 5.21. The number of aromatic nitrogens is 2. The average Bonchev–Trinajstić information content (AvgIpc) is 2.81. The van der Waals surface area contributed by atoms with Crippen molar-refractivity contribution in [3.63, 3.8) is 0 Å². The molecule has 1 aliphatic rings. The second-order valence-corrected chi connectivity index (χ2v) is 8.15. The molecular weight excluding hydrogens is 314 g/mol. The number of urea groups is 1. The van der Waals surface area contributed by atoms with Crippen LogP contribution in [0.3, 0.4) is 0 Å². The number of sulfonamides is 1. The topological polar surface area (TPSA) is 104 Å². The van der Waals surface area contributed by atoms with Crippen molar-refractivity contribution in [1.82, 2.24) is 19.8 Å². The third-order valence-electron chi connectivity index (χ3n) is 3.18. The number of piperidine rings is 1. The minimum absolute atomic E-state index is 0.135. The summed E-state index contributed by atoms with van der Waals surface area (Å²) in [6.45, 7) is 3.38. The molecule has 1 fully saturated rings. The molecule has 1 atom stereocenters. The molecule has 0 radical (unpaired) electrons. The summed E-state index contributed by atoms with van der Waals surface area (Å²) in [5.41, 5.74) is 0. The summed E-state index contributed by atoms with van der Waals surface area (Å²) >= 11 is 1.32. The predicted molar refractivity (Wildman–Crippen MR) is 80.8 cm³/mol. The predicted octanol–water partition coefficient (Wildman–Crippen LogP) is 0.640. The molecule has 8 nitrogen and oxygen atoms in total. The van der Waals surface area contributed by atoms with Crippen LogP contribution in [0, 0.1) is 12.8 Å². The number of carbonyl (C=O) groups is 1. The minimum atomic E-state index is -3.19. The van der Waals surface area contributed by atoms with E-state index in [9.17, 15) is 13.2 Å². The van der Waals surface area contributed by atoms with Crippen molar-refractivity contribution < 1.29 is 13.2 Å². The summed E-state index contributed by atoms with van der Waals surface area (Å²) in [7, 11) is -3.19. The van der Waals surface area contributed by atoms with E-state index in [1.807, 2.05) is 6.92 Å². The molecular formula is C11H19N5O3S2. The Morgan fingerprint density at radius 2 is 2.24 bits per heavy atom. The molecule has 0 spiro atoms. The molecule has 0 aliphatic carbocycles. The van der Waals surface area contributed by atoms with Gasteiger partial charge in [0.2, 0.25) is 15.2 Å². The highest BCUT2D eigenvalue weighted by Gasteiger charge is 2.24. The monoisotopic (exact) mass is 333 g/mol. The maximum Gasteiger partial charge on any atom is 0.323 e. The van der Waals surface area contributed by atoms with Crippen LogP contribution in [0.1, 0.15) is 17.8 Å². The molecule has 2 amide bonds. The zero-order valence-corrected chi connectivity index (χ0v) is 13.6. The molecule has 0 unspecified atom stereocenters. The highest BCUT2D eigenvalue weighted by molar-refractivity contribution is 7.88. The number of hydrogen-bond donors (Lipinski definition) is 2. The van der Waals surface area contributed by atoms with Gasteiger partial charge in [-0.15, -0.1) is 10.2 Å². The van der Waals surface area contributed by atoms with Crippen LogP contribution in [0.25, 0.3) is 0 Å². The summed E-state index contributed by atoms with van der Waals surface area (Å²) in [5, 5.41) is 11.7. The fourth-order valence-electron chi connectivity index (χ4n) is 2.20. The number of hydrogen-bond acceptors (Lipinski definition) is 6. The lowest BCUT2D eigenvalue weighted by Crippen LogP contribution is -2.45. The maximum absolute atomic E-state index is 12.1. The Morgan fingerprint density at radius 3 is 2.86 bits per heavy atom. The van der Waals surface area contributed by atoms with Gasteiger partial charge in [0.25, 0.3) is 0 Å². The number of amides is 2. The second kappa shape index (κ2) is 6.67. The summed E-state index contributed by atoms with van der Waals surface area (Å²) in [4.78, 5) is 13.8. The molecule has 0 aromatic carbocycles. The molecule has 0 saturated carbocycles. The van der Waals surface area contributed by atoms with Crippen LogP contribution in [-0.2, 0) is 10.0 Å². The van der Waals surface area contributed by atoms with Gasteiger partial charge in [-0.2, -0.15) is 0 Å². The van der Waals surface area contributed by atoms with E-state index in [0.717, 1.165) is 24.1 Å². The summed E-state index contributed by atoms with van der Waals surface area (Å²) in [6.07, 6.45) is 2.90. The molecule has 1 aliphatic heterocycles. The van der Waals surface area contributed by atoms with E-state index < -0.39 is 10.0 Å². The number of likely N-dealkylation sites (tertiary alicyclic amines) is 1. The van der Waals surface area contributed by atoms with E-state index in [1.54, 1.807) is 4.90 Å². The van der Waals surface area contributed by atoms with Gasteiger partial charge in [-0.05, 0) is 25.7 Å². The SMILES string of the molecule is Cc1nnc(NC(=O)N2CCC[C@H](CNS(C)(=O)=O)C2)s1. The molecule has 10 heteroatoms. The highest BCUT2D eigenvalue weighted by atomic mass is 32.2. The number of carbonyl (C=O) groups excluding carboxylic acids is 1. The quantitative estimate of drug-likeness (QED) is 0.841. The number of nitrogens with zero attached hydrogens (tertiary/aromatic N) is 3. The summed E-state index contributed by atoms with van der Waals surface area (Å²) < 4.78 is 24.7. The van der Waals surface area contributed by atoms with Crippen molar-refractivity contribution in [2.24, 2.45) is 5.92 Å². The van der Waals surface area contributed by atoms with Crippen molar-refractivity contribution in [2.45, 2.75) is 19.8 Å². The summed E-state index contributed by atoms with van der Waals surface area (Å²) in [6, 6.07) is -0.213. The fourth-order valence-corrected chi connectivity index (χ4v) is 3.32. The Morgan fingerprint density at radius 1 is 1.48 bits per heavy atom. The average molecular weight is 333 g/mol. The van der Waals surface area contributed by atoms with Gasteiger partial charge < -0.3 is 4.90 Å². The van der Waals surface area contributed by atoms with E-state index in [0.29, 0.717) is 24.8 Å². The number of rotatable bonds is 4. The molecule has 2 heterocycles. The highest BCUT2D eigenvalue weighted by Crippen LogP contribution is 2.19.